The van der Waals surface area contributed by atoms with Crippen molar-refractivity contribution in [2.45, 2.75) is 19.8 Å². The Morgan fingerprint density at radius 1 is 1.19 bits per heavy atom. The monoisotopic (exact) mass is 360 g/mol. The first-order valence-electron chi connectivity index (χ1n) is 7.02. The van der Waals surface area contributed by atoms with Gasteiger partial charge in [-0.25, -0.2) is 0 Å². The summed E-state index contributed by atoms with van der Waals surface area (Å²) in [7, 11) is 0. The Labute approximate surface area is 139 Å². The van der Waals surface area contributed by atoms with Crippen LogP contribution in [0.3, 0.4) is 0 Å². The van der Waals surface area contributed by atoms with E-state index in [0.717, 1.165) is 35.1 Å². The van der Waals surface area contributed by atoms with Crippen LogP contribution in [0, 0.1) is 6.92 Å². The van der Waals surface area contributed by atoms with Crippen LogP contribution in [0.5, 0.6) is 0 Å². The lowest BCUT2D eigenvalue weighted by Gasteiger charge is -2.33. The number of aryl methyl sites for hydroxylation is 2. The molecule has 1 aliphatic rings. The predicted molar refractivity (Wildman–Crippen MR) is 96.5 cm³/mol. The molecule has 0 aromatic heterocycles. The van der Waals surface area contributed by atoms with Gasteiger partial charge in [-0.3, -0.25) is 0 Å². The van der Waals surface area contributed by atoms with Crippen LogP contribution in [0.25, 0.3) is 0 Å². The van der Waals surface area contributed by atoms with Crippen molar-refractivity contribution in [1.82, 2.24) is 0 Å². The Hall–Kier alpha value is -1.39. The minimum absolute atomic E-state index is 0.436. The molecule has 0 fully saturated rings. The van der Waals surface area contributed by atoms with Gasteiger partial charge in [0.15, 0.2) is 0 Å². The summed E-state index contributed by atoms with van der Waals surface area (Å²) in [6.45, 7) is 3.13. The average molecular weight is 361 g/mol. The van der Waals surface area contributed by atoms with E-state index < -0.39 is 0 Å². The zero-order valence-electron chi connectivity index (χ0n) is 11.9. The van der Waals surface area contributed by atoms with Crippen LogP contribution < -0.4 is 10.6 Å². The van der Waals surface area contributed by atoms with Gasteiger partial charge in [0.05, 0.1) is 5.69 Å². The third-order valence-electron chi connectivity index (χ3n) is 3.87. The maximum Gasteiger partial charge on any atom is 0.106 e. The Balaban J connectivity index is 2.13. The molecule has 4 heteroatoms. The van der Waals surface area contributed by atoms with E-state index in [4.69, 9.17) is 18.0 Å². The van der Waals surface area contributed by atoms with Crippen molar-refractivity contribution in [3.63, 3.8) is 0 Å². The molecule has 2 aromatic rings. The molecule has 0 aliphatic carbocycles. The van der Waals surface area contributed by atoms with E-state index in [1.54, 1.807) is 0 Å². The van der Waals surface area contributed by atoms with Crippen LogP contribution in [-0.2, 0) is 6.42 Å². The van der Waals surface area contributed by atoms with Crippen LogP contribution in [0.4, 0.5) is 11.4 Å². The topological polar surface area (TPSA) is 29.3 Å². The number of nitrogens with two attached hydrogens (primary N) is 1. The van der Waals surface area contributed by atoms with E-state index in [1.807, 2.05) is 12.1 Å². The smallest absolute Gasteiger partial charge is 0.106 e. The minimum atomic E-state index is 0.436. The van der Waals surface area contributed by atoms with Crippen LogP contribution in [-0.4, -0.2) is 11.5 Å². The lowest BCUT2D eigenvalue weighted by atomic mass is 9.98. The number of anilines is 2. The van der Waals surface area contributed by atoms with Crippen molar-refractivity contribution in [2.75, 3.05) is 11.4 Å². The minimum Gasteiger partial charge on any atom is -0.389 e. The quantitative estimate of drug-likeness (QED) is 0.800. The molecule has 108 valence electrons. The Kier molecular flexibility index (Phi) is 4.00. The van der Waals surface area contributed by atoms with Crippen molar-refractivity contribution < 1.29 is 0 Å². The highest BCUT2D eigenvalue weighted by Gasteiger charge is 2.21. The molecule has 0 saturated heterocycles. The van der Waals surface area contributed by atoms with Gasteiger partial charge in [0.1, 0.15) is 4.99 Å². The van der Waals surface area contributed by atoms with E-state index in [9.17, 15) is 0 Å². The van der Waals surface area contributed by atoms with Gasteiger partial charge in [-0.1, -0.05) is 45.8 Å². The lowest BCUT2D eigenvalue weighted by Crippen LogP contribution is -2.27. The van der Waals surface area contributed by atoms with Crippen LogP contribution in [0.1, 0.15) is 23.1 Å². The van der Waals surface area contributed by atoms with E-state index in [1.165, 1.54) is 16.8 Å². The van der Waals surface area contributed by atoms with Gasteiger partial charge in [-0.05, 0) is 49.6 Å². The van der Waals surface area contributed by atoms with Crippen molar-refractivity contribution in [2.24, 2.45) is 5.73 Å². The molecule has 0 atom stereocenters. The molecular weight excluding hydrogens is 344 g/mol. The third-order valence-corrected chi connectivity index (χ3v) is 4.58. The first-order chi connectivity index (χ1) is 10.1. The summed E-state index contributed by atoms with van der Waals surface area (Å²) < 4.78 is 0.996. The van der Waals surface area contributed by atoms with E-state index >= 15 is 0 Å². The second-order valence-electron chi connectivity index (χ2n) is 5.41. The summed E-state index contributed by atoms with van der Waals surface area (Å²) in [5.74, 6) is 0. The summed E-state index contributed by atoms with van der Waals surface area (Å²) >= 11 is 8.72. The molecule has 0 amide bonds. The molecular formula is C17H17BrN2S. The molecule has 1 heterocycles. The first-order valence-corrected chi connectivity index (χ1v) is 8.23. The summed E-state index contributed by atoms with van der Waals surface area (Å²) in [5, 5.41) is 0. The largest absolute Gasteiger partial charge is 0.389 e. The van der Waals surface area contributed by atoms with Crippen molar-refractivity contribution in [3.8, 4) is 0 Å². The second-order valence-corrected chi connectivity index (χ2v) is 6.77. The molecule has 0 spiro atoms. The number of benzene rings is 2. The molecule has 2 aromatic carbocycles. The van der Waals surface area contributed by atoms with Gasteiger partial charge in [-0.2, -0.15) is 0 Å². The molecule has 0 bridgehead atoms. The Bertz CT molecular complexity index is 712. The van der Waals surface area contributed by atoms with Gasteiger partial charge >= 0.3 is 0 Å². The predicted octanol–water partition coefficient (Wildman–Crippen LogP) is 4.48. The number of hydrogen-bond acceptors (Lipinski definition) is 2. The highest BCUT2D eigenvalue weighted by molar-refractivity contribution is 9.10. The van der Waals surface area contributed by atoms with Gasteiger partial charge in [-0.15, -0.1) is 0 Å². The zero-order chi connectivity index (χ0) is 15.0. The molecule has 1 aliphatic heterocycles. The van der Waals surface area contributed by atoms with E-state index in [2.05, 4.69) is 52.0 Å². The summed E-state index contributed by atoms with van der Waals surface area (Å²) in [4.78, 5) is 2.77. The highest BCUT2D eigenvalue weighted by Crippen LogP contribution is 2.36. The fourth-order valence-electron chi connectivity index (χ4n) is 2.92. The van der Waals surface area contributed by atoms with Crippen molar-refractivity contribution in [3.05, 3.63) is 57.6 Å². The van der Waals surface area contributed by atoms with Gasteiger partial charge < -0.3 is 10.6 Å². The third kappa shape index (κ3) is 2.83. The van der Waals surface area contributed by atoms with Crippen molar-refractivity contribution >= 4 is 44.5 Å². The molecule has 0 radical (unpaired) electrons. The number of thiocarbonyl (C=S) groups is 1. The molecule has 0 saturated carbocycles. The molecule has 2 nitrogen and oxygen atoms in total. The fourth-order valence-corrected chi connectivity index (χ4v) is 3.44. The van der Waals surface area contributed by atoms with Gasteiger partial charge in [0.2, 0.25) is 0 Å². The van der Waals surface area contributed by atoms with Gasteiger partial charge in [0, 0.05) is 22.3 Å². The van der Waals surface area contributed by atoms with Gasteiger partial charge in [0.25, 0.3) is 0 Å². The molecule has 2 N–H and O–H groups in total. The fraction of sp³-hybridized carbons (Fsp3) is 0.235. The highest BCUT2D eigenvalue weighted by atomic mass is 79.9. The SMILES string of the molecule is Cc1ccc2c(c1)CCCN2c1ccc(Br)cc1C(N)=S. The number of fused-ring (bicyclic) bond motifs is 1. The number of halogens is 1. The summed E-state index contributed by atoms with van der Waals surface area (Å²) in [6, 6.07) is 12.8. The first kappa shape index (κ1) is 14.5. The maximum atomic E-state index is 5.92. The van der Waals surface area contributed by atoms with Crippen LogP contribution in [0.2, 0.25) is 0 Å². The average Bonchev–Trinajstić information content (AvgIpc) is 2.46. The van der Waals surface area contributed by atoms with Crippen LogP contribution >= 0.6 is 28.1 Å². The molecule has 3 rings (SSSR count). The van der Waals surface area contributed by atoms with Crippen LogP contribution in [0.15, 0.2) is 40.9 Å². The summed E-state index contributed by atoms with van der Waals surface area (Å²) in [5.41, 5.74) is 11.9. The maximum absolute atomic E-state index is 5.92. The second kappa shape index (κ2) is 5.78. The van der Waals surface area contributed by atoms with E-state index in [0.29, 0.717) is 4.99 Å². The molecule has 21 heavy (non-hydrogen) atoms. The normalized spacial score (nSPS) is 13.9. The standard InChI is InChI=1S/C17H17BrN2S/c1-11-4-6-15-12(9-11)3-2-8-20(15)16-7-5-13(18)10-14(16)17(19)21/h4-7,9-10H,2-3,8H2,1H3,(H2,19,21). The Morgan fingerprint density at radius 3 is 2.71 bits per heavy atom. The number of nitrogens with zero attached hydrogens (tertiary/aromatic N) is 1. The number of rotatable bonds is 2. The van der Waals surface area contributed by atoms with Crippen molar-refractivity contribution in [1.29, 1.82) is 0 Å². The molecule has 0 unspecified atom stereocenters. The zero-order valence-corrected chi connectivity index (χ0v) is 14.3. The summed E-state index contributed by atoms with van der Waals surface area (Å²) in [6.07, 6.45) is 2.27. The Morgan fingerprint density at radius 2 is 1.95 bits per heavy atom. The lowest BCUT2D eigenvalue weighted by molar-refractivity contribution is 0.765. The van der Waals surface area contributed by atoms with E-state index in [-0.39, 0.29) is 0 Å². The number of hydrogen-bond donors (Lipinski definition) is 1.